The molecule has 1 amide bonds. The van der Waals surface area contributed by atoms with E-state index in [1.807, 2.05) is 42.5 Å². The van der Waals surface area contributed by atoms with Gasteiger partial charge in [0.2, 0.25) is 0 Å². The maximum Gasteiger partial charge on any atom is 0.253 e. The van der Waals surface area contributed by atoms with Crippen molar-refractivity contribution in [3.05, 3.63) is 60.2 Å². The van der Waals surface area contributed by atoms with Gasteiger partial charge in [-0.2, -0.15) is 0 Å². The normalized spacial score (nSPS) is 15.6. The van der Waals surface area contributed by atoms with Gasteiger partial charge in [0.1, 0.15) is 11.5 Å². The van der Waals surface area contributed by atoms with Crippen LogP contribution in [-0.2, 0) is 0 Å². The number of likely N-dealkylation sites (tertiary alicyclic amines) is 1. The SMILES string of the molecule is O=C(c1cccc(Oc2ccccc2)c1)N1CCC(O)CC1. The number of hydrogen-bond acceptors (Lipinski definition) is 3. The summed E-state index contributed by atoms with van der Waals surface area (Å²) in [5.74, 6) is 1.38. The number of para-hydroxylation sites is 1. The van der Waals surface area contributed by atoms with E-state index in [0.29, 0.717) is 37.2 Å². The van der Waals surface area contributed by atoms with E-state index in [1.54, 1.807) is 17.0 Å². The molecule has 0 unspecified atom stereocenters. The van der Waals surface area contributed by atoms with Crippen LogP contribution in [0.25, 0.3) is 0 Å². The Morgan fingerprint density at radius 2 is 1.68 bits per heavy atom. The summed E-state index contributed by atoms with van der Waals surface area (Å²) in [6, 6.07) is 16.7. The molecule has 114 valence electrons. The topological polar surface area (TPSA) is 49.8 Å². The van der Waals surface area contributed by atoms with E-state index in [-0.39, 0.29) is 12.0 Å². The predicted octanol–water partition coefficient (Wildman–Crippen LogP) is 3.08. The van der Waals surface area contributed by atoms with Crippen LogP contribution in [0, 0.1) is 0 Å². The molecular weight excluding hydrogens is 278 g/mol. The first-order valence-corrected chi connectivity index (χ1v) is 7.53. The van der Waals surface area contributed by atoms with Gasteiger partial charge < -0.3 is 14.7 Å². The highest BCUT2D eigenvalue weighted by molar-refractivity contribution is 5.94. The van der Waals surface area contributed by atoms with Crippen LogP contribution in [-0.4, -0.2) is 35.1 Å². The van der Waals surface area contributed by atoms with Crippen molar-refractivity contribution >= 4 is 5.91 Å². The fourth-order valence-corrected chi connectivity index (χ4v) is 2.57. The number of nitrogens with zero attached hydrogens (tertiary/aromatic N) is 1. The lowest BCUT2D eigenvalue weighted by molar-refractivity contribution is 0.0546. The van der Waals surface area contributed by atoms with Crippen LogP contribution in [0.1, 0.15) is 23.2 Å². The number of hydrogen-bond donors (Lipinski definition) is 1. The predicted molar refractivity (Wildman–Crippen MR) is 84.1 cm³/mol. The number of amides is 1. The fraction of sp³-hybridized carbons (Fsp3) is 0.278. The van der Waals surface area contributed by atoms with E-state index < -0.39 is 0 Å². The van der Waals surface area contributed by atoms with E-state index in [2.05, 4.69) is 0 Å². The Morgan fingerprint density at radius 3 is 2.41 bits per heavy atom. The van der Waals surface area contributed by atoms with E-state index in [4.69, 9.17) is 4.74 Å². The second-order valence-corrected chi connectivity index (χ2v) is 5.47. The maximum absolute atomic E-state index is 12.5. The third-order valence-corrected chi connectivity index (χ3v) is 3.81. The van der Waals surface area contributed by atoms with Gasteiger partial charge in [-0.05, 0) is 43.2 Å². The van der Waals surface area contributed by atoms with Crippen molar-refractivity contribution in [2.45, 2.75) is 18.9 Å². The third kappa shape index (κ3) is 3.46. The molecule has 0 aromatic heterocycles. The summed E-state index contributed by atoms with van der Waals surface area (Å²) in [6.07, 6.45) is 1.01. The Balaban J connectivity index is 1.72. The van der Waals surface area contributed by atoms with Crippen molar-refractivity contribution < 1.29 is 14.6 Å². The lowest BCUT2D eigenvalue weighted by Crippen LogP contribution is -2.40. The molecule has 3 rings (SSSR count). The number of carbonyl (C=O) groups is 1. The molecular formula is C18H19NO3. The highest BCUT2D eigenvalue weighted by Crippen LogP contribution is 2.23. The molecule has 1 N–H and O–H groups in total. The largest absolute Gasteiger partial charge is 0.457 e. The maximum atomic E-state index is 12.5. The van der Waals surface area contributed by atoms with Gasteiger partial charge in [0.05, 0.1) is 6.10 Å². The number of aliphatic hydroxyl groups is 1. The van der Waals surface area contributed by atoms with Crippen LogP contribution in [0.3, 0.4) is 0 Å². The molecule has 0 saturated carbocycles. The molecule has 2 aromatic carbocycles. The van der Waals surface area contributed by atoms with Crippen molar-refractivity contribution in [1.82, 2.24) is 4.90 Å². The fourth-order valence-electron chi connectivity index (χ4n) is 2.57. The van der Waals surface area contributed by atoms with Crippen LogP contribution in [0.15, 0.2) is 54.6 Å². The lowest BCUT2D eigenvalue weighted by atomic mass is 10.1. The molecule has 1 fully saturated rings. The Kier molecular flexibility index (Phi) is 4.39. The standard InChI is InChI=1S/C18H19NO3/c20-15-9-11-19(12-10-15)18(21)14-5-4-8-17(13-14)22-16-6-2-1-3-7-16/h1-8,13,15,20H,9-12H2. The van der Waals surface area contributed by atoms with Crippen molar-refractivity contribution in [1.29, 1.82) is 0 Å². The van der Waals surface area contributed by atoms with Gasteiger partial charge in [-0.25, -0.2) is 0 Å². The van der Waals surface area contributed by atoms with Gasteiger partial charge in [0, 0.05) is 18.7 Å². The van der Waals surface area contributed by atoms with Gasteiger partial charge in [0.25, 0.3) is 5.91 Å². The molecule has 2 aromatic rings. The zero-order chi connectivity index (χ0) is 15.4. The summed E-state index contributed by atoms with van der Waals surface area (Å²) in [5.41, 5.74) is 0.616. The number of carbonyl (C=O) groups excluding carboxylic acids is 1. The number of aliphatic hydroxyl groups excluding tert-OH is 1. The zero-order valence-corrected chi connectivity index (χ0v) is 12.3. The molecule has 0 radical (unpaired) electrons. The van der Waals surface area contributed by atoms with E-state index in [0.717, 1.165) is 5.75 Å². The summed E-state index contributed by atoms with van der Waals surface area (Å²) >= 11 is 0. The molecule has 0 aliphatic carbocycles. The van der Waals surface area contributed by atoms with Gasteiger partial charge in [-0.1, -0.05) is 24.3 Å². The smallest absolute Gasteiger partial charge is 0.253 e. The first kappa shape index (κ1) is 14.6. The molecule has 4 nitrogen and oxygen atoms in total. The Hall–Kier alpha value is -2.33. The summed E-state index contributed by atoms with van der Waals surface area (Å²) in [6.45, 7) is 1.20. The highest BCUT2D eigenvalue weighted by Gasteiger charge is 2.22. The highest BCUT2D eigenvalue weighted by atomic mass is 16.5. The quantitative estimate of drug-likeness (QED) is 0.947. The van der Waals surface area contributed by atoms with Crippen LogP contribution in [0.2, 0.25) is 0 Å². The summed E-state index contributed by atoms with van der Waals surface area (Å²) in [4.78, 5) is 14.3. The summed E-state index contributed by atoms with van der Waals surface area (Å²) < 4.78 is 5.76. The first-order chi connectivity index (χ1) is 10.7. The van der Waals surface area contributed by atoms with Crippen molar-refractivity contribution in [2.75, 3.05) is 13.1 Å². The third-order valence-electron chi connectivity index (χ3n) is 3.81. The average molecular weight is 297 g/mol. The van der Waals surface area contributed by atoms with Crippen molar-refractivity contribution in [2.24, 2.45) is 0 Å². The Bertz CT molecular complexity index is 634. The number of rotatable bonds is 3. The molecule has 1 aliphatic rings. The second kappa shape index (κ2) is 6.62. The van der Waals surface area contributed by atoms with Crippen LogP contribution < -0.4 is 4.74 Å². The number of benzene rings is 2. The molecule has 4 heteroatoms. The average Bonchev–Trinajstić information content (AvgIpc) is 2.56. The van der Waals surface area contributed by atoms with Gasteiger partial charge >= 0.3 is 0 Å². The molecule has 0 bridgehead atoms. The zero-order valence-electron chi connectivity index (χ0n) is 12.3. The summed E-state index contributed by atoms with van der Waals surface area (Å²) in [7, 11) is 0. The summed E-state index contributed by atoms with van der Waals surface area (Å²) in [5, 5.41) is 9.53. The number of ether oxygens (including phenoxy) is 1. The second-order valence-electron chi connectivity index (χ2n) is 5.47. The van der Waals surface area contributed by atoms with Crippen LogP contribution in [0.4, 0.5) is 0 Å². The molecule has 1 heterocycles. The molecule has 22 heavy (non-hydrogen) atoms. The van der Waals surface area contributed by atoms with Crippen LogP contribution >= 0.6 is 0 Å². The molecule has 1 aliphatic heterocycles. The minimum absolute atomic E-state index is 0.00888. The first-order valence-electron chi connectivity index (χ1n) is 7.53. The van der Waals surface area contributed by atoms with E-state index in [9.17, 15) is 9.90 Å². The van der Waals surface area contributed by atoms with E-state index in [1.165, 1.54) is 0 Å². The minimum atomic E-state index is -0.281. The van der Waals surface area contributed by atoms with Crippen LogP contribution in [0.5, 0.6) is 11.5 Å². The molecule has 1 saturated heterocycles. The van der Waals surface area contributed by atoms with Crippen molar-refractivity contribution in [3.63, 3.8) is 0 Å². The Morgan fingerprint density at radius 1 is 1.00 bits per heavy atom. The molecule has 0 spiro atoms. The minimum Gasteiger partial charge on any atom is -0.457 e. The molecule has 0 atom stereocenters. The van der Waals surface area contributed by atoms with E-state index >= 15 is 0 Å². The van der Waals surface area contributed by atoms with Gasteiger partial charge in [0.15, 0.2) is 0 Å². The monoisotopic (exact) mass is 297 g/mol. The lowest BCUT2D eigenvalue weighted by Gasteiger charge is -2.29. The Labute approximate surface area is 130 Å². The van der Waals surface area contributed by atoms with Gasteiger partial charge in [-0.15, -0.1) is 0 Å². The van der Waals surface area contributed by atoms with Gasteiger partial charge in [-0.3, -0.25) is 4.79 Å². The van der Waals surface area contributed by atoms with Crippen molar-refractivity contribution in [3.8, 4) is 11.5 Å². The number of piperidine rings is 1.